The van der Waals surface area contributed by atoms with Crippen LogP contribution in [0, 0.1) is 11.8 Å². The fourth-order valence-corrected chi connectivity index (χ4v) is 3.43. The Morgan fingerprint density at radius 1 is 1.50 bits per heavy atom. The number of nitrogens with one attached hydrogen (secondary N) is 1. The molecule has 0 spiro atoms. The van der Waals surface area contributed by atoms with Crippen LogP contribution in [-0.2, 0) is 4.79 Å². The van der Waals surface area contributed by atoms with Gasteiger partial charge >= 0.3 is 5.97 Å². The molecule has 1 saturated carbocycles. The first-order chi connectivity index (χ1) is 9.47. The van der Waals surface area contributed by atoms with Gasteiger partial charge in [-0.05, 0) is 58.8 Å². The lowest BCUT2D eigenvalue weighted by Gasteiger charge is -2.32. The number of aliphatic carboxylic acids is 1. The number of anilines is 1. The lowest BCUT2D eigenvalue weighted by atomic mass is 9.78. The molecular weight excluding hydrogens is 342 g/mol. The molecule has 0 aliphatic heterocycles. The van der Waals surface area contributed by atoms with Crippen molar-refractivity contribution in [2.45, 2.75) is 38.6 Å². The Bertz CT molecular complexity index is 495. The molecule has 0 heterocycles. The summed E-state index contributed by atoms with van der Waals surface area (Å²) < 4.78 is 0.769. The van der Waals surface area contributed by atoms with Crippen molar-refractivity contribution in [2.24, 2.45) is 11.8 Å². The summed E-state index contributed by atoms with van der Waals surface area (Å²) in [5, 5.41) is 13.3. The van der Waals surface area contributed by atoms with Crippen molar-refractivity contribution in [3.05, 3.63) is 27.7 Å². The molecule has 0 aromatic heterocycles. The number of benzene rings is 1. The van der Waals surface area contributed by atoms with Gasteiger partial charge in [-0.3, -0.25) is 0 Å². The molecule has 5 heteroatoms. The van der Waals surface area contributed by atoms with E-state index < -0.39 is 12.0 Å². The zero-order valence-electron chi connectivity index (χ0n) is 11.4. The van der Waals surface area contributed by atoms with Gasteiger partial charge in [-0.2, -0.15) is 0 Å². The average Bonchev–Trinajstić information content (AvgIpc) is 2.39. The molecule has 1 aromatic carbocycles. The van der Waals surface area contributed by atoms with Crippen LogP contribution in [0.25, 0.3) is 0 Å². The Hall–Kier alpha value is -0.740. The summed E-state index contributed by atoms with van der Waals surface area (Å²) in [4.78, 5) is 11.6. The second kappa shape index (κ2) is 6.81. The number of carboxylic acids is 1. The molecule has 1 aliphatic carbocycles. The van der Waals surface area contributed by atoms with Crippen molar-refractivity contribution >= 4 is 39.2 Å². The first-order valence-corrected chi connectivity index (χ1v) is 8.09. The van der Waals surface area contributed by atoms with Crippen LogP contribution >= 0.6 is 27.5 Å². The Kier molecular flexibility index (Phi) is 5.33. The van der Waals surface area contributed by atoms with Gasteiger partial charge in [0.1, 0.15) is 6.04 Å². The van der Waals surface area contributed by atoms with Crippen molar-refractivity contribution in [1.82, 2.24) is 0 Å². The third-order valence-corrected chi connectivity index (χ3v) is 5.17. The molecule has 0 bridgehead atoms. The monoisotopic (exact) mass is 359 g/mol. The fourth-order valence-electron chi connectivity index (χ4n) is 2.93. The van der Waals surface area contributed by atoms with E-state index in [0.717, 1.165) is 29.4 Å². The van der Waals surface area contributed by atoms with Gasteiger partial charge in [-0.25, -0.2) is 4.79 Å². The molecule has 0 radical (unpaired) electrons. The third-order valence-electron chi connectivity index (χ3n) is 3.96. The maximum atomic E-state index is 11.6. The van der Waals surface area contributed by atoms with Gasteiger partial charge in [0.2, 0.25) is 0 Å². The molecule has 3 nitrogen and oxygen atoms in total. The normalized spacial score (nSPS) is 24.1. The Labute approximate surface area is 132 Å². The highest BCUT2D eigenvalue weighted by molar-refractivity contribution is 9.10. The van der Waals surface area contributed by atoms with Crippen molar-refractivity contribution in [2.75, 3.05) is 5.32 Å². The highest BCUT2D eigenvalue weighted by Crippen LogP contribution is 2.33. The maximum Gasteiger partial charge on any atom is 0.326 e. The van der Waals surface area contributed by atoms with Crippen LogP contribution in [0.2, 0.25) is 5.02 Å². The van der Waals surface area contributed by atoms with Crippen LogP contribution in [0.5, 0.6) is 0 Å². The van der Waals surface area contributed by atoms with Gasteiger partial charge in [0.25, 0.3) is 0 Å². The van der Waals surface area contributed by atoms with Crippen molar-refractivity contribution in [1.29, 1.82) is 0 Å². The molecule has 0 amide bonds. The van der Waals surface area contributed by atoms with Crippen LogP contribution in [0.1, 0.15) is 32.6 Å². The molecule has 1 aliphatic rings. The number of rotatable bonds is 4. The smallest absolute Gasteiger partial charge is 0.326 e. The van der Waals surface area contributed by atoms with Gasteiger partial charge in [0.15, 0.2) is 0 Å². The number of carboxylic acid groups (broad SMARTS) is 1. The van der Waals surface area contributed by atoms with E-state index >= 15 is 0 Å². The number of hydrogen-bond donors (Lipinski definition) is 2. The van der Waals surface area contributed by atoms with Crippen molar-refractivity contribution in [3.63, 3.8) is 0 Å². The van der Waals surface area contributed by atoms with Crippen molar-refractivity contribution in [3.8, 4) is 0 Å². The molecule has 1 fully saturated rings. The van der Waals surface area contributed by atoms with Crippen LogP contribution in [-0.4, -0.2) is 17.1 Å². The standard InChI is InChI=1S/C15H19BrClNO2/c1-9-3-2-4-10(7-9)14(15(19)20)18-11-5-6-13(17)12(16)8-11/h5-6,8-10,14,18H,2-4,7H2,1H3,(H,19,20). The number of carbonyl (C=O) groups is 1. The van der Waals surface area contributed by atoms with Crippen LogP contribution in [0.4, 0.5) is 5.69 Å². The predicted molar refractivity (Wildman–Crippen MR) is 85.3 cm³/mol. The summed E-state index contributed by atoms with van der Waals surface area (Å²) in [6.45, 7) is 2.20. The van der Waals surface area contributed by atoms with E-state index in [1.165, 1.54) is 6.42 Å². The SMILES string of the molecule is CC1CCCC(C(Nc2ccc(Cl)c(Br)c2)C(=O)O)C1. The lowest BCUT2D eigenvalue weighted by Crippen LogP contribution is -2.39. The lowest BCUT2D eigenvalue weighted by molar-refractivity contribution is -0.139. The van der Waals surface area contributed by atoms with Crippen LogP contribution in [0.3, 0.4) is 0 Å². The second-order valence-electron chi connectivity index (χ2n) is 5.62. The zero-order chi connectivity index (χ0) is 14.7. The summed E-state index contributed by atoms with van der Waals surface area (Å²) in [6.07, 6.45) is 4.26. The molecule has 20 heavy (non-hydrogen) atoms. The number of hydrogen-bond acceptors (Lipinski definition) is 2. The van der Waals surface area contributed by atoms with E-state index in [2.05, 4.69) is 28.2 Å². The maximum absolute atomic E-state index is 11.6. The average molecular weight is 361 g/mol. The Morgan fingerprint density at radius 2 is 2.25 bits per heavy atom. The molecule has 1 aromatic rings. The van der Waals surface area contributed by atoms with Gasteiger partial charge in [-0.15, -0.1) is 0 Å². The first kappa shape index (κ1) is 15.6. The molecule has 3 atom stereocenters. The molecule has 2 rings (SSSR count). The zero-order valence-corrected chi connectivity index (χ0v) is 13.7. The highest BCUT2D eigenvalue weighted by atomic mass is 79.9. The molecule has 2 N–H and O–H groups in total. The van der Waals surface area contributed by atoms with E-state index in [4.69, 9.17) is 11.6 Å². The molecule has 0 saturated heterocycles. The summed E-state index contributed by atoms with van der Waals surface area (Å²) in [6, 6.07) is 4.86. The quantitative estimate of drug-likeness (QED) is 0.811. The van der Waals surface area contributed by atoms with E-state index in [1.807, 2.05) is 12.1 Å². The van der Waals surface area contributed by atoms with Crippen LogP contribution in [0.15, 0.2) is 22.7 Å². The first-order valence-electron chi connectivity index (χ1n) is 6.91. The molecule has 3 unspecified atom stereocenters. The topological polar surface area (TPSA) is 49.3 Å². The third kappa shape index (κ3) is 3.89. The van der Waals surface area contributed by atoms with Crippen LogP contribution < -0.4 is 5.32 Å². The summed E-state index contributed by atoms with van der Waals surface area (Å²) in [7, 11) is 0. The van der Waals surface area contributed by atoms with Gasteiger partial charge in [0, 0.05) is 10.2 Å². The predicted octanol–water partition coefficient (Wildman–Crippen LogP) is 4.79. The minimum atomic E-state index is -0.782. The minimum absolute atomic E-state index is 0.186. The second-order valence-corrected chi connectivity index (χ2v) is 6.88. The number of halogens is 2. The fraction of sp³-hybridized carbons (Fsp3) is 0.533. The summed E-state index contributed by atoms with van der Waals surface area (Å²) in [5.74, 6) is 0.00947. The van der Waals surface area contributed by atoms with E-state index in [-0.39, 0.29) is 5.92 Å². The van der Waals surface area contributed by atoms with Crippen molar-refractivity contribution < 1.29 is 9.90 Å². The van der Waals surface area contributed by atoms with Gasteiger partial charge in [-0.1, -0.05) is 31.4 Å². The van der Waals surface area contributed by atoms with E-state index in [1.54, 1.807) is 6.07 Å². The van der Waals surface area contributed by atoms with E-state index in [0.29, 0.717) is 10.9 Å². The Balaban J connectivity index is 2.12. The molecule has 110 valence electrons. The highest BCUT2D eigenvalue weighted by Gasteiger charge is 2.31. The van der Waals surface area contributed by atoms with E-state index in [9.17, 15) is 9.90 Å². The Morgan fingerprint density at radius 3 is 2.85 bits per heavy atom. The molecular formula is C15H19BrClNO2. The minimum Gasteiger partial charge on any atom is -0.480 e. The summed E-state index contributed by atoms with van der Waals surface area (Å²) >= 11 is 9.32. The van der Waals surface area contributed by atoms with Gasteiger partial charge < -0.3 is 10.4 Å². The van der Waals surface area contributed by atoms with Gasteiger partial charge in [0.05, 0.1) is 5.02 Å². The summed E-state index contributed by atoms with van der Waals surface area (Å²) in [5.41, 5.74) is 0.784. The largest absolute Gasteiger partial charge is 0.480 e.